The number of ether oxygens (including phenoxy) is 1. The molecule has 0 unspecified atom stereocenters. The fourth-order valence-corrected chi connectivity index (χ4v) is 4.52. The first kappa shape index (κ1) is 19.5. The van der Waals surface area contributed by atoms with Gasteiger partial charge in [0.2, 0.25) is 0 Å². The summed E-state index contributed by atoms with van der Waals surface area (Å²) in [4.78, 5) is 11.5. The molecule has 0 aromatic heterocycles. The van der Waals surface area contributed by atoms with Crippen LogP contribution in [0.15, 0.2) is 42.1 Å². The highest BCUT2D eigenvalue weighted by molar-refractivity contribution is 6.81. The first-order valence-electron chi connectivity index (χ1n) is 8.36. The van der Waals surface area contributed by atoms with Gasteiger partial charge in [0.05, 0.1) is 8.07 Å². The van der Waals surface area contributed by atoms with Gasteiger partial charge in [0, 0.05) is 6.54 Å². The minimum absolute atomic E-state index is 0.333. The maximum absolute atomic E-state index is 11.5. The van der Waals surface area contributed by atoms with Crippen LogP contribution >= 0.6 is 0 Å². The lowest BCUT2D eigenvalue weighted by Crippen LogP contribution is -2.33. The van der Waals surface area contributed by atoms with E-state index in [0.29, 0.717) is 6.54 Å². The van der Waals surface area contributed by atoms with Gasteiger partial charge in [0.15, 0.2) is 0 Å². The summed E-state index contributed by atoms with van der Waals surface area (Å²) >= 11 is 0. The van der Waals surface area contributed by atoms with Crippen molar-refractivity contribution in [3.63, 3.8) is 0 Å². The fraction of sp³-hybridized carbons (Fsp3) is 0.526. The summed E-state index contributed by atoms with van der Waals surface area (Å²) in [5, 5.41) is 2.79. The minimum Gasteiger partial charge on any atom is -0.444 e. The molecule has 0 aliphatic rings. The second kappa shape index (κ2) is 8.92. The zero-order valence-electron chi connectivity index (χ0n) is 15.2. The number of unbranched alkanes of at least 4 members (excludes halogenated alkanes) is 1. The molecule has 0 heterocycles. The zero-order chi connectivity index (χ0) is 17.3. The predicted octanol–water partition coefficient (Wildman–Crippen LogP) is 4.88. The quantitative estimate of drug-likeness (QED) is 0.570. The molecule has 0 saturated heterocycles. The van der Waals surface area contributed by atoms with Gasteiger partial charge in [0.1, 0.15) is 5.60 Å². The van der Waals surface area contributed by atoms with Gasteiger partial charge in [0.25, 0.3) is 0 Å². The summed E-state index contributed by atoms with van der Waals surface area (Å²) in [6.07, 6.45) is 3.86. The number of rotatable bonds is 7. The number of benzene rings is 1. The zero-order valence-corrected chi connectivity index (χ0v) is 16.2. The molecular weight excluding hydrogens is 302 g/mol. The van der Waals surface area contributed by atoms with E-state index in [9.17, 15) is 4.79 Å². The van der Waals surface area contributed by atoms with Crippen LogP contribution in [0.2, 0.25) is 13.1 Å². The average Bonchev–Trinajstić information content (AvgIpc) is 2.41. The van der Waals surface area contributed by atoms with E-state index in [1.165, 1.54) is 11.6 Å². The third kappa shape index (κ3) is 9.95. The molecule has 23 heavy (non-hydrogen) atoms. The van der Waals surface area contributed by atoms with Crippen molar-refractivity contribution < 1.29 is 9.53 Å². The number of allylic oxidation sites excluding steroid dienone is 1. The van der Waals surface area contributed by atoms with Crippen molar-refractivity contribution in [2.75, 3.05) is 6.54 Å². The molecule has 0 bridgehead atoms. The molecule has 0 fully saturated rings. The van der Waals surface area contributed by atoms with Crippen LogP contribution in [0.5, 0.6) is 0 Å². The van der Waals surface area contributed by atoms with Gasteiger partial charge >= 0.3 is 6.09 Å². The lowest BCUT2D eigenvalue weighted by molar-refractivity contribution is 0.0527. The molecule has 0 radical (unpaired) electrons. The number of nitrogens with one attached hydrogen (secondary N) is 1. The highest BCUT2D eigenvalue weighted by Crippen LogP contribution is 2.13. The summed E-state index contributed by atoms with van der Waals surface area (Å²) in [5.41, 5.74) is 3.39. The van der Waals surface area contributed by atoms with E-state index in [4.69, 9.17) is 4.74 Å². The van der Waals surface area contributed by atoms with Gasteiger partial charge in [-0.3, -0.25) is 0 Å². The highest BCUT2D eigenvalue weighted by Gasteiger charge is 2.17. The van der Waals surface area contributed by atoms with Gasteiger partial charge < -0.3 is 10.1 Å². The number of amides is 1. The van der Waals surface area contributed by atoms with E-state index in [1.807, 2.05) is 20.8 Å². The highest BCUT2D eigenvalue weighted by atomic mass is 28.3. The van der Waals surface area contributed by atoms with Crippen molar-refractivity contribution in [1.82, 2.24) is 5.32 Å². The standard InChI is InChI=1S/C19H31NO2Si/c1-19(2,3)22-18(21)20-14-10-7-11-15-23(4,5)16-17-12-8-6-9-13-17/h6,8-9,11-13,15H,7,10,14,16H2,1-5H3,(H,20,21)/b15-11+. The van der Waals surface area contributed by atoms with Gasteiger partial charge in [-0.25, -0.2) is 4.79 Å². The maximum atomic E-state index is 11.5. The summed E-state index contributed by atoms with van der Waals surface area (Å²) in [5.74, 6) is 0. The molecule has 1 aromatic rings. The van der Waals surface area contributed by atoms with Crippen LogP contribution in [0.25, 0.3) is 0 Å². The van der Waals surface area contributed by atoms with E-state index in [-0.39, 0.29) is 6.09 Å². The maximum Gasteiger partial charge on any atom is 0.407 e. The average molecular weight is 334 g/mol. The Labute approximate surface area is 142 Å². The van der Waals surface area contributed by atoms with Crippen molar-refractivity contribution in [3.8, 4) is 0 Å². The fourth-order valence-electron chi connectivity index (χ4n) is 2.31. The molecule has 0 spiro atoms. The molecule has 128 valence electrons. The summed E-state index contributed by atoms with van der Waals surface area (Å²) in [6, 6.07) is 11.8. The second-order valence-electron chi connectivity index (χ2n) is 7.62. The molecule has 1 aromatic carbocycles. The van der Waals surface area contributed by atoms with Crippen LogP contribution < -0.4 is 5.32 Å². The number of hydrogen-bond acceptors (Lipinski definition) is 2. The van der Waals surface area contributed by atoms with Crippen LogP contribution in [0, 0.1) is 0 Å². The minimum atomic E-state index is -1.35. The summed E-state index contributed by atoms with van der Waals surface area (Å²) < 4.78 is 5.20. The molecule has 1 rings (SSSR count). The Hall–Kier alpha value is -1.55. The first-order chi connectivity index (χ1) is 10.7. The smallest absolute Gasteiger partial charge is 0.407 e. The molecule has 0 aliphatic heterocycles. The lowest BCUT2D eigenvalue weighted by atomic mass is 10.2. The van der Waals surface area contributed by atoms with Gasteiger partial charge in [-0.15, -0.1) is 0 Å². The molecular formula is C19H31NO2Si. The topological polar surface area (TPSA) is 38.3 Å². The van der Waals surface area contributed by atoms with E-state index in [0.717, 1.165) is 12.8 Å². The van der Waals surface area contributed by atoms with Crippen LogP contribution in [-0.4, -0.2) is 26.3 Å². The van der Waals surface area contributed by atoms with E-state index < -0.39 is 13.7 Å². The van der Waals surface area contributed by atoms with Crippen LogP contribution in [0.1, 0.15) is 39.2 Å². The monoisotopic (exact) mass is 333 g/mol. The molecule has 0 aliphatic carbocycles. The van der Waals surface area contributed by atoms with Gasteiger partial charge in [-0.1, -0.05) is 60.8 Å². The van der Waals surface area contributed by atoms with Crippen molar-refractivity contribution in [1.29, 1.82) is 0 Å². The second-order valence-corrected chi connectivity index (χ2v) is 12.3. The van der Waals surface area contributed by atoms with Crippen LogP contribution in [-0.2, 0) is 10.8 Å². The molecule has 0 atom stereocenters. The Kier molecular flexibility index (Phi) is 7.56. The van der Waals surface area contributed by atoms with E-state index in [2.05, 4.69) is 60.5 Å². The third-order valence-corrected chi connectivity index (χ3v) is 5.74. The van der Waals surface area contributed by atoms with Crippen LogP contribution in [0.4, 0.5) is 4.79 Å². The Morgan fingerprint density at radius 2 is 1.87 bits per heavy atom. The predicted molar refractivity (Wildman–Crippen MR) is 100 cm³/mol. The van der Waals surface area contributed by atoms with Crippen molar-refractivity contribution in [3.05, 3.63) is 47.7 Å². The lowest BCUT2D eigenvalue weighted by Gasteiger charge is -2.19. The molecule has 1 N–H and O–H groups in total. The number of carbonyl (C=O) groups excluding carboxylic acids is 1. The molecule has 3 nitrogen and oxygen atoms in total. The van der Waals surface area contributed by atoms with Crippen molar-refractivity contribution in [2.45, 2.75) is 58.4 Å². The normalized spacial score (nSPS) is 12.4. The van der Waals surface area contributed by atoms with E-state index in [1.54, 1.807) is 0 Å². The SMILES string of the molecule is CC(C)(C)OC(=O)NCCC/C=C/[Si](C)(C)Cc1ccccc1. The van der Waals surface area contributed by atoms with E-state index >= 15 is 0 Å². The Morgan fingerprint density at radius 1 is 1.22 bits per heavy atom. The van der Waals surface area contributed by atoms with Gasteiger partial charge in [-0.2, -0.15) is 0 Å². The number of hydrogen-bond donors (Lipinski definition) is 1. The summed E-state index contributed by atoms with van der Waals surface area (Å²) in [6.45, 7) is 11.0. The Balaban J connectivity index is 2.24. The Morgan fingerprint density at radius 3 is 2.48 bits per heavy atom. The van der Waals surface area contributed by atoms with Crippen LogP contribution in [0.3, 0.4) is 0 Å². The largest absolute Gasteiger partial charge is 0.444 e. The molecule has 1 amide bonds. The van der Waals surface area contributed by atoms with Gasteiger partial charge in [-0.05, 0) is 39.7 Å². The number of alkyl carbamates (subject to hydrolysis) is 1. The summed E-state index contributed by atoms with van der Waals surface area (Å²) in [7, 11) is -1.35. The Bertz CT molecular complexity index is 504. The number of carbonyl (C=O) groups is 1. The molecule has 0 saturated carbocycles. The van der Waals surface area contributed by atoms with Crippen molar-refractivity contribution in [2.24, 2.45) is 0 Å². The van der Waals surface area contributed by atoms with Crippen molar-refractivity contribution >= 4 is 14.2 Å². The first-order valence-corrected chi connectivity index (χ1v) is 11.6. The third-order valence-electron chi connectivity index (χ3n) is 3.29. The molecule has 4 heteroatoms.